The molecule has 20 heavy (non-hydrogen) atoms. The number of hydrogen-bond donors (Lipinski definition) is 3. The van der Waals surface area contributed by atoms with Crippen LogP contribution in [0.25, 0.3) is 0 Å². The van der Waals surface area contributed by atoms with Crippen LogP contribution < -0.4 is 15.8 Å². The monoisotopic (exact) mass is 275 g/mol. The first-order chi connectivity index (χ1) is 9.69. The molecule has 0 atom stereocenters. The summed E-state index contributed by atoms with van der Waals surface area (Å²) in [5, 5.41) is 13.9. The Morgan fingerprint density at radius 3 is 2.95 bits per heavy atom. The Morgan fingerprint density at radius 2 is 2.25 bits per heavy atom. The van der Waals surface area contributed by atoms with Gasteiger partial charge in [0.15, 0.2) is 11.6 Å². The molecular formula is C13H13N3O4. The summed E-state index contributed by atoms with van der Waals surface area (Å²) in [7, 11) is 0. The van der Waals surface area contributed by atoms with Gasteiger partial charge in [0.25, 0.3) is 5.91 Å². The topological polar surface area (TPSA) is 110 Å². The molecule has 0 spiro atoms. The molecule has 7 heteroatoms. The summed E-state index contributed by atoms with van der Waals surface area (Å²) in [6, 6.07) is 9.91. The number of nitrogens with two attached hydrogens (primary N) is 1. The Labute approximate surface area is 114 Å². The van der Waals surface area contributed by atoms with Gasteiger partial charge in [0.2, 0.25) is 0 Å². The van der Waals surface area contributed by atoms with Gasteiger partial charge >= 0.3 is 0 Å². The number of rotatable bonds is 5. The van der Waals surface area contributed by atoms with Crippen LogP contribution in [-0.4, -0.2) is 23.6 Å². The summed E-state index contributed by atoms with van der Waals surface area (Å²) < 4.78 is 10.3. The van der Waals surface area contributed by atoms with Crippen LogP contribution in [0.2, 0.25) is 0 Å². The zero-order valence-corrected chi connectivity index (χ0v) is 10.4. The number of amidine groups is 1. The maximum atomic E-state index is 11.8. The highest BCUT2D eigenvalue weighted by Gasteiger charge is 2.09. The van der Waals surface area contributed by atoms with Crippen molar-refractivity contribution in [2.24, 2.45) is 10.9 Å². The lowest BCUT2D eigenvalue weighted by molar-refractivity contribution is 0.0996. The molecule has 104 valence electrons. The molecule has 0 aliphatic rings. The molecule has 0 saturated heterocycles. The van der Waals surface area contributed by atoms with E-state index in [1.807, 2.05) is 0 Å². The average Bonchev–Trinajstić information content (AvgIpc) is 2.99. The van der Waals surface area contributed by atoms with Gasteiger partial charge in [0.1, 0.15) is 12.4 Å². The minimum Gasteiger partial charge on any atom is -0.485 e. The Kier molecular flexibility index (Phi) is 4.23. The van der Waals surface area contributed by atoms with E-state index in [1.165, 1.54) is 6.26 Å². The van der Waals surface area contributed by atoms with Crippen LogP contribution in [0.4, 0.5) is 5.69 Å². The lowest BCUT2D eigenvalue weighted by atomic mass is 10.3. The molecule has 1 heterocycles. The summed E-state index contributed by atoms with van der Waals surface area (Å²) >= 11 is 0. The van der Waals surface area contributed by atoms with Gasteiger partial charge in [0.05, 0.1) is 6.26 Å². The fraction of sp³-hybridized carbons (Fsp3) is 0.0769. The number of oxime groups is 1. The first-order valence-corrected chi connectivity index (χ1v) is 5.73. The molecule has 1 amide bonds. The fourth-order valence-corrected chi connectivity index (χ4v) is 1.45. The van der Waals surface area contributed by atoms with E-state index >= 15 is 0 Å². The van der Waals surface area contributed by atoms with Gasteiger partial charge in [-0.3, -0.25) is 4.79 Å². The molecule has 1 aromatic carbocycles. The number of hydrogen-bond acceptors (Lipinski definition) is 5. The van der Waals surface area contributed by atoms with E-state index in [0.717, 1.165) is 0 Å². The zero-order valence-electron chi connectivity index (χ0n) is 10.4. The van der Waals surface area contributed by atoms with Gasteiger partial charge < -0.3 is 25.4 Å². The minimum absolute atomic E-state index is 0.0463. The van der Waals surface area contributed by atoms with Gasteiger partial charge in [-0.05, 0) is 24.3 Å². The second-order valence-electron chi connectivity index (χ2n) is 3.84. The van der Waals surface area contributed by atoms with Crippen molar-refractivity contribution in [3.05, 3.63) is 48.4 Å². The van der Waals surface area contributed by atoms with E-state index in [2.05, 4.69) is 10.5 Å². The Morgan fingerprint density at radius 1 is 1.40 bits per heavy atom. The SMILES string of the molecule is N/C(COc1cccc(NC(=O)c2ccco2)c1)=N\O. The number of amides is 1. The van der Waals surface area contributed by atoms with E-state index in [1.54, 1.807) is 36.4 Å². The van der Waals surface area contributed by atoms with Gasteiger partial charge in [-0.15, -0.1) is 0 Å². The quantitative estimate of drug-likeness (QED) is 0.332. The smallest absolute Gasteiger partial charge is 0.291 e. The van der Waals surface area contributed by atoms with Crippen LogP contribution in [0.3, 0.4) is 0 Å². The third-order valence-electron chi connectivity index (χ3n) is 2.35. The van der Waals surface area contributed by atoms with Crippen molar-refractivity contribution in [3.8, 4) is 5.75 Å². The predicted octanol–water partition coefficient (Wildman–Crippen LogP) is 1.66. The molecule has 7 nitrogen and oxygen atoms in total. The van der Waals surface area contributed by atoms with Crippen LogP contribution in [0.5, 0.6) is 5.75 Å². The van der Waals surface area contributed by atoms with Crippen molar-refractivity contribution in [2.45, 2.75) is 0 Å². The molecule has 4 N–H and O–H groups in total. The van der Waals surface area contributed by atoms with Crippen LogP contribution >= 0.6 is 0 Å². The number of nitrogens with zero attached hydrogens (tertiary/aromatic N) is 1. The largest absolute Gasteiger partial charge is 0.485 e. The summed E-state index contributed by atoms with van der Waals surface area (Å²) in [5.74, 6) is 0.292. The van der Waals surface area contributed by atoms with Gasteiger partial charge in [-0.1, -0.05) is 11.2 Å². The van der Waals surface area contributed by atoms with Crippen molar-refractivity contribution in [1.82, 2.24) is 0 Å². The van der Waals surface area contributed by atoms with E-state index < -0.39 is 0 Å². The Bertz CT molecular complexity index is 608. The van der Waals surface area contributed by atoms with E-state index in [9.17, 15) is 4.79 Å². The second kappa shape index (κ2) is 6.28. The second-order valence-corrected chi connectivity index (χ2v) is 3.84. The first-order valence-electron chi connectivity index (χ1n) is 5.73. The van der Waals surface area contributed by atoms with Crippen molar-refractivity contribution >= 4 is 17.4 Å². The number of ether oxygens (including phenoxy) is 1. The van der Waals surface area contributed by atoms with Crippen LogP contribution in [0.1, 0.15) is 10.6 Å². The number of benzene rings is 1. The average molecular weight is 275 g/mol. The molecule has 0 radical (unpaired) electrons. The number of nitrogens with one attached hydrogen (secondary N) is 1. The summed E-state index contributed by atoms with van der Waals surface area (Å²) in [6.07, 6.45) is 1.42. The lowest BCUT2D eigenvalue weighted by Crippen LogP contribution is -2.20. The molecule has 2 aromatic rings. The fourth-order valence-electron chi connectivity index (χ4n) is 1.45. The van der Waals surface area contributed by atoms with Crippen molar-refractivity contribution in [3.63, 3.8) is 0 Å². The Hall–Kier alpha value is -2.96. The van der Waals surface area contributed by atoms with Crippen molar-refractivity contribution in [1.29, 1.82) is 0 Å². The van der Waals surface area contributed by atoms with Crippen molar-refractivity contribution in [2.75, 3.05) is 11.9 Å². The predicted molar refractivity (Wildman–Crippen MR) is 72.0 cm³/mol. The van der Waals surface area contributed by atoms with Gasteiger partial charge in [0, 0.05) is 11.8 Å². The maximum Gasteiger partial charge on any atom is 0.291 e. The van der Waals surface area contributed by atoms with Gasteiger partial charge in [-0.25, -0.2) is 0 Å². The van der Waals surface area contributed by atoms with Crippen molar-refractivity contribution < 1.29 is 19.2 Å². The van der Waals surface area contributed by atoms with E-state index in [4.69, 9.17) is 20.1 Å². The summed E-state index contributed by atoms with van der Waals surface area (Å²) in [4.78, 5) is 11.8. The molecule has 0 bridgehead atoms. The highest BCUT2D eigenvalue weighted by Crippen LogP contribution is 2.18. The zero-order chi connectivity index (χ0) is 14.4. The third-order valence-corrected chi connectivity index (χ3v) is 2.35. The maximum absolute atomic E-state index is 11.8. The molecule has 0 unspecified atom stereocenters. The standard InChI is InChI=1S/C13H13N3O4/c14-12(16-18)8-20-10-4-1-3-9(7-10)15-13(17)11-5-2-6-19-11/h1-7,18H,8H2,(H2,14,16)(H,15,17). The number of carbonyl (C=O) groups is 1. The third kappa shape index (κ3) is 3.52. The highest BCUT2D eigenvalue weighted by atomic mass is 16.5. The first kappa shape index (κ1) is 13.5. The highest BCUT2D eigenvalue weighted by molar-refractivity contribution is 6.02. The molecule has 0 aliphatic carbocycles. The lowest BCUT2D eigenvalue weighted by Gasteiger charge is -2.07. The summed E-state index contributed by atoms with van der Waals surface area (Å²) in [6.45, 7) is -0.0495. The van der Waals surface area contributed by atoms with Crippen LogP contribution in [0, 0.1) is 0 Å². The molecule has 2 rings (SSSR count). The number of carbonyl (C=O) groups excluding carboxylic acids is 1. The van der Waals surface area contributed by atoms with E-state index in [-0.39, 0.29) is 24.1 Å². The molecule has 0 aliphatic heterocycles. The molecule has 0 saturated carbocycles. The van der Waals surface area contributed by atoms with Crippen LogP contribution in [-0.2, 0) is 0 Å². The molecule has 0 fully saturated rings. The molecule has 1 aromatic heterocycles. The van der Waals surface area contributed by atoms with E-state index in [0.29, 0.717) is 11.4 Å². The minimum atomic E-state index is -0.358. The number of furan rings is 1. The molecular weight excluding hydrogens is 262 g/mol. The van der Waals surface area contributed by atoms with Gasteiger partial charge in [-0.2, -0.15) is 0 Å². The summed E-state index contributed by atoms with van der Waals surface area (Å²) in [5.41, 5.74) is 5.84. The Balaban J connectivity index is 2.01. The normalized spacial score (nSPS) is 11.1. The number of anilines is 1. The van der Waals surface area contributed by atoms with Crippen LogP contribution in [0.15, 0.2) is 52.2 Å².